The van der Waals surface area contributed by atoms with Gasteiger partial charge in [-0.3, -0.25) is 0 Å². The zero-order chi connectivity index (χ0) is 14.0. The quantitative estimate of drug-likeness (QED) is 0.805. The molecule has 2 rings (SSSR count). The Morgan fingerprint density at radius 3 is 2.74 bits per heavy atom. The number of likely N-dealkylation sites (N-methyl/N-ethyl adjacent to an activating group) is 1. The van der Waals surface area contributed by atoms with Gasteiger partial charge in [0, 0.05) is 15.5 Å². The molecule has 0 heterocycles. The van der Waals surface area contributed by atoms with E-state index in [0.29, 0.717) is 11.5 Å². The molecule has 1 aliphatic carbocycles. The van der Waals surface area contributed by atoms with E-state index in [9.17, 15) is 0 Å². The van der Waals surface area contributed by atoms with Gasteiger partial charge in [0.2, 0.25) is 0 Å². The van der Waals surface area contributed by atoms with Crippen LogP contribution in [0, 0.1) is 11.3 Å². The SMILES string of the molecule is CNC(Cc1ccc(Br)cc1Cl)C1CCCC1(C)C. The average molecular weight is 345 g/mol. The Labute approximate surface area is 130 Å². The minimum absolute atomic E-state index is 0.440. The van der Waals surface area contributed by atoms with Crippen LogP contribution in [0.25, 0.3) is 0 Å². The zero-order valence-corrected chi connectivity index (χ0v) is 14.3. The van der Waals surface area contributed by atoms with E-state index in [-0.39, 0.29) is 0 Å². The van der Waals surface area contributed by atoms with Crippen molar-refractivity contribution in [1.82, 2.24) is 5.32 Å². The normalized spacial score (nSPS) is 23.5. The molecule has 106 valence electrons. The third kappa shape index (κ3) is 3.53. The molecule has 0 aromatic heterocycles. The van der Waals surface area contributed by atoms with E-state index >= 15 is 0 Å². The molecule has 1 N–H and O–H groups in total. The molecule has 1 nitrogen and oxygen atoms in total. The number of hydrogen-bond acceptors (Lipinski definition) is 1. The van der Waals surface area contributed by atoms with Crippen LogP contribution in [-0.4, -0.2) is 13.1 Å². The van der Waals surface area contributed by atoms with Crippen molar-refractivity contribution in [3.05, 3.63) is 33.3 Å². The molecule has 3 heteroatoms. The number of rotatable bonds is 4. The van der Waals surface area contributed by atoms with Crippen molar-refractivity contribution in [1.29, 1.82) is 0 Å². The molecule has 1 fully saturated rings. The van der Waals surface area contributed by atoms with E-state index in [2.05, 4.69) is 54.3 Å². The number of nitrogens with one attached hydrogen (secondary N) is 1. The molecule has 0 spiro atoms. The second-order valence-corrected chi connectivity index (χ2v) is 7.65. The maximum Gasteiger partial charge on any atom is 0.0449 e. The van der Waals surface area contributed by atoms with Gasteiger partial charge in [0.15, 0.2) is 0 Å². The fraction of sp³-hybridized carbons (Fsp3) is 0.625. The summed E-state index contributed by atoms with van der Waals surface area (Å²) in [5.41, 5.74) is 1.68. The van der Waals surface area contributed by atoms with Crippen LogP contribution in [0.15, 0.2) is 22.7 Å². The Hall–Kier alpha value is -0.0500. The summed E-state index contributed by atoms with van der Waals surface area (Å²) in [6.07, 6.45) is 5.02. The van der Waals surface area contributed by atoms with E-state index in [1.165, 1.54) is 24.8 Å². The topological polar surface area (TPSA) is 12.0 Å². The first-order valence-corrected chi connectivity index (χ1v) is 8.22. The van der Waals surface area contributed by atoms with Crippen molar-refractivity contribution in [2.24, 2.45) is 11.3 Å². The molecular formula is C16H23BrClN. The van der Waals surface area contributed by atoms with Crippen LogP contribution in [0.5, 0.6) is 0 Å². The third-order valence-electron chi connectivity index (χ3n) is 4.65. The van der Waals surface area contributed by atoms with Crippen LogP contribution >= 0.6 is 27.5 Å². The molecule has 0 bridgehead atoms. The number of hydrogen-bond donors (Lipinski definition) is 1. The van der Waals surface area contributed by atoms with Crippen LogP contribution in [0.2, 0.25) is 5.02 Å². The van der Waals surface area contributed by atoms with Gasteiger partial charge < -0.3 is 5.32 Å². The molecular weight excluding hydrogens is 322 g/mol. The van der Waals surface area contributed by atoms with E-state index in [4.69, 9.17) is 11.6 Å². The molecule has 0 aliphatic heterocycles. The molecule has 0 amide bonds. The average Bonchev–Trinajstić information content (AvgIpc) is 2.68. The van der Waals surface area contributed by atoms with Gasteiger partial charge in [-0.05, 0) is 55.3 Å². The van der Waals surface area contributed by atoms with Gasteiger partial charge in [-0.15, -0.1) is 0 Å². The lowest BCUT2D eigenvalue weighted by Crippen LogP contribution is -2.40. The van der Waals surface area contributed by atoms with E-state index in [0.717, 1.165) is 21.8 Å². The third-order valence-corrected chi connectivity index (χ3v) is 5.50. The van der Waals surface area contributed by atoms with Crippen molar-refractivity contribution >= 4 is 27.5 Å². The predicted molar refractivity (Wildman–Crippen MR) is 86.8 cm³/mol. The summed E-state index contributed by atoms with van der Waals surface area (Å²) in [5.74, 6) is 0.734. The summed E-state index contributed by atoms with van der Waals surface area (Å²) in [5, 5.41) is 4.39. The minimum atomic E-state index is 0.440. The molecule has 2 unspecified atom stereocenters. The summed E-state index contributed by atoms with van der Waals surface area (Å²) in [6, 6.07) is 6.71. The minimum Gasteiger partial charge on any atom is -0.316 e. The smallest absolute Gasteiger partial charge is 0.0449 e. The van der Waals surface area contributed by atoms with Crippen molar-refractivity contribution in [3.8, 4) is 0 Å². The highest BCUT2D eigenvalue weighted by Crippen LogP contribution is 2.45. The molecule has 1 aromatic carbocycles. The Kier molecular flexibility index (Phi) is 4.97. The van der Waals surface area contributed by atoms with E-state index in [1.54, 1.807) is 0 Å². The fourth-order valence-electron chi connectivity index (χ4n) is 3.47. The standard InChI is InChI=1S/C16H23BrClN/c1-16(2)8-4-5-13(16)15(19-3)9-11-6-7-12(17)10-14(11)18/h6-7,10,13,15,19H,4-5,8-9H2,1-3H3. The molecule has 19 heavy (non-hydrogen) atoms. The van der Waals surface area contributed by atoms with Crippen molar-refractivity contribution < 1.29 is 0 Å². The van der Waals surface area contributed by atoms with Gasteiger partial charge in [-0.1, -0.05) is 53.9 Å². The van der Waals surface area contributed by atoms with Gasteiger partial charge in [0.05, 0.1) is 0 Å². The van der Waals surface area contributed by atoms with Gasteiger partial charge >= 0.3 is 0 Å². The maximum absolute atomic E-state index is 6.35. The monoisotopic (exact) mass is 343 g/mol. The first-order chi connectivity index (χ1) is 8.94. The predicted octanol–water partition coefficient (Wildman–Crippen LogP) is 5.06. The molecule has 0 saturated heterocycles. The van der Waals surface area contributed by atoms with E-state index in [1.807, 2.05) is 6.07 Å². The van der Waals surface area contributed by atoms with Gasteiger partial charge in [0.25, 0.3) is 0 Å². The molecule has 0 radical (unpaired) electrons. The maximum atomic E-state index is 6.35. The summed E-state index contributed by atoms with van der Waals surface area (Å²) in [6.45, 7) is 4.80. The molecule has 1 aromatic rings. The van der Waals surface area contributed by atoms with Gasteiger partial charge in [-0.2, -0.15) is 0 Å². The largest absolute Gasteiger partial charge is 0.316 e. The van der Waals surface area contributed by atoms with Crippen LogP contribution < -0.4 is 5.32 Å². The first-order valence-electron chi connectivity index (χ1n) is 7.05. The Balaban J connectivity index is 2.15. The second kappa shape index (κ2) is 6.15. The van der Waals surface area contributed by atoms with Crippen LogP contribution in [-0.2, 0) is 6.42 Å². The van der Waals surface area contributed by atoms with Crippen LogP contribution in [0.1, 0.15) is 38.7 Å². The highest BCUT2D eigenvalue weighted by Gasteiger charge is 2.38. The van der Waals surface area contributed by atoms with E-state index < -0.39 is 0 Å². The first kappa shape index (κ1) is 15.3. The number of halogens is 2. The summed E-state index contributed by atoms with van der Waals surface area (Å²) >= 11 is 9.81. The Morgan fingerprint density at radius 2 is 2.21 bits per heavy atom. The van der Waals surface area contributed by atoms with Gasteiger partial charge in [0.1, 0.15) is 0 Å². The summed E-state index contributed by atoms with van der Waals surface area (Å²) < 4.78 is 1.04. The van der Waals surface area contributed by atoms with Crippen LogP contribution in [0.3, 0.4) is 0 Å². The summed E-state index contributed by atoms with van der Waals surface area (Å²) in [4.78, 5) is 0. The fourth-order valence-corrected chi connectivity index (χ4v) is 4.22. The van der Waals surface area contributed by atoms with Crippen molar-refractivity contribution in [2.75, 3.05) is 7.05 Å². The molecule has 1 aliphatic rings. The highest BCUT2D eigenvalue weighted by atomic mass is 79.9. The number of benzene rings is 1. The Morgan fingerprint density at radius 1 is 1.47 bits per heavy atom. The lowest BCUT2D eigenvalue weighted by molar-refractivity contribution is 0.201. The highest BCUT2D eigenvalue weighted by molar-refractivity contribution is 9.10. The summed E-state index contributed by atoms with van der Waals surface area (Å²) in [7, 11) is 2.08. The zero-order valence-electron chi connectivity index (χ0n) is 12.0. The molecule has 2 atom stereocenters. The molecule has 1 saturated carbocycles. The Bertz CT molecular complexity index is 444. The lowest BCUT2D eigenvalue weighted by Gasteiger charge is -2.34. The van der Waals surface area contributed by atoms with Gasteiger partial charge in [-0.25, -0.2) is 0 Å². The van der Waals surface area contributed by atoms with Crippen molar-refractivity contribution in [2.45, 2.75) is 45.6 Å². The van der Waals surface area contributed by atoms with Crippen LogP contribution in [0.4, 0.5) is 0 Å². The van der Waals surface area contributed by atoms with Crippen molar-refractivity contribution in [3.63, 3.8) is 0 Å². The lowest BCUT2D eigenvalue weighted by atomic mass is 9.76. The second-order valence-electron chi connectivity index (χ2n) is 6.32.